The van der Waals surface area contributed by atoms with Crippen molar-refractivity contribution < 1.29 is 22.6 Å². The molecule has 0 spiro atoms. The zero-order chi connectivity index (χ0) is 14.5. The van der Waals surface area contributed by atoms with Crippen molar-refractivity contribution in [2.24, 2.45) is 0 Å². The number of halogens is 3. The molecule has 0 aliphatic heterocycles. The minimum Gasteiger partial charge on any atom is -0.405 e. The number of para-hydroxylation sites is 1. The topological polar surface area (TPSA) is 30.5 Å². The Labute approximate surface area is 110 Å². The number of benzene rings is 1. The van der Waals surface area contributed by atoms with Gasteiger partial charge < -0.3 is 14.8 Å². The second-order valence-corrected chi connectivity index (χ2v) is 4.06. The summed E-state index contributed by atoms with van der Waals surface area (Å²) in [5, 5.41) is 3.10. The van der Waals surface area contributed by atoms with Crippen molar-refractivity contribution in [1.29, 1.82) is 0 Å². The van der Waals surface area contributed by atoms with Gasteiger partial charge in [-0.2, -0.15) is 0 Å². The van der Waals surface area contributed by atoms with E-state index in [4.69, 9.17) is 4.74 Å². The Morgan fingerprint density at radius 2 is 1.89 bits per heavy atom. The number of ether oxygens (including phenoxy) is 2. The molecule has 0 amide bonds. The maximum absolute atomic E-state index is 12.4. The zero-order valence-corrected chi connectivity index (χ0v) is 11.1. The van der Waals surface area contributed by atoms with Crippen molar-refractivity contribution in [3.05, 3.63) is 29.8 Å². The van der Waals surface area contributed by atoms with Gasteiger partial charge in [-0.3, -0.25) is 0 Å². The minimum atomic E-state index is -4.71. The lowest BCUT2D eigenvalue weighted by atomic mass is 10.0. The Kier molecular flexibility index (Phi) is 5.62. The molecule has 2 unspecified atom stereocenters. The third-order valence-corrected chi connectivity index (χ3v) is 2.74. The molecule has 1 aromatic carbocycles. The first kappa shape index (κ1) is 15.8. The fourth-order valence-electron chi connectivity index (χ4n) is 1.84. The van der Waals surface area contributed by atoms with E-state index in [1.807, 2.05) is 6.92 Å². The second-order valence-electron chi connectivity index (χ2n) is 4.06. The lowest BCUT2D eigenvalue weighted by Crippen LogP contribution is -2.32. The van der Waals surface area contributed by atoms with Gasteiger partial charge in [-0.05, 0) is 19.5 Å². The van der Waals surface area contributed by atoms with Crippen LogP contribution in [0.25, 0.3) is 0 Å². The van der Waals surface area contributed by atoms with Crippen molar-refractivity contribution in [2.75, 3.05) is 13.7 Å². The molecule has 0 saturated carbocycles. The van der Waals surface area contributed by atoms with Crippen molar-refractivity contribution in [3.63, 3.8) is 0 Å². The van der Waals surface area contributed by atoms with E-state index in [1.54, 1.807) is 19.1 Å². The highest BCUT2D eigenvalue weighted by molar-refractivity contribution is 5.36. The summed E-state index contributed by atoms with van der Waals surface area (Å²) < 4.78 is 46.4. The number of methoxy groups -OCH3 is 1. The van der Waals surface area contributed by atoms with Crippen LogP contribution in [0.1, 0.15) is 25.5 Å². The number of hydrogen-bond acceptors (Lipinski definition) is 3. The maximum atomic E-state index is 12.4. The van der Waals surface area contributed by atoms with Crippen LogP contribution in [0.2, 0.25) is 0 Å². The Morgan fingerprint density at radius 3 is 2.42 bits per heavy atom. The smallest absolute Gasteiger partial charge is 0.405 e. The van der Waals surface area contributed by atoms with E-state index >= 15 is 0 Å². The Hall–Kier alpha value is -1.27. The van der Waals surface area contributed by atoms with Gasteiger partial charge in [0.15, 0.2) is 0 Å². The number of rotatable bonds is 6. The molecule has 0 bridgehead atoms. The number of likely N-dealkylation sites (N-methyl/N-ethyl adjacent to an activating group) is 1. The highest BCUT2D eigenvalue weighted by Crippen LogP contribution is 2.32. The summed E-state index contributed by atoms with van der Waals surface area (Å²) in [6.07, 6.45) is -4.98. The van der Waals surface area contributed by atoms with Gasteiger partial charge in [0.05, 0.1) is 12.1 Å². The molecule has 0 radical (unpaired) electrons. The fraction of sp³-hybridized carbons (Fsp3) is 0.538. The van der Waals surface area contributed by atoms with Crippen molar-refractivity contribution in [2.45, 2.75) is 32.4 Å². The van der Waals surface area contributed by atoms with Crippen molar-refractivity contribution in [1.82, 2.24) is 5.32 Å². The van der Waals surface area contributed by atoms with Crippen LogP contribution in [0.15, 0.2) is 24.3 Å². The Balaban J connectivity index is 3.08. The molecule has 1 aromatic rings. The van der Waals surface area contributed by atoms with Crippen LogP contribution in [-0.4, -0.2) is 26.1 Å². The first-order chi connectivity index (χ1) is 8.89. The van der Waals surface area contributed by atoms with Crippen LogP contribution >= 0.6 is 0 Å². The van der Waals surface area contributed by atoms with Crippen LogP contribution in [0, 0.1) is 0 Å². The average molecular weight is 277 g/mol. The molecule has 19 heavy (non-hydrogen) atoms. The monoisotopic (exact) mass is 277 g/mol. The SMILES string of the molecule is CCNC(c1ccccc1OC(F)(F)F)C(C)OC. The molecule has 2 atom stereocenters. The van der Waals surface area contributed by atoms with Crippen molar-refractivity contribution in [3.8, 4) is 5.75 Å². The molecular formula is C13H18F3NO2. The van der Waals surface area contributed by atoms with Gasteiger partial charge >= 0.3 is 6.36 Å². The van der Waals surface area contributed by atoms with Gasteiger partial charge in [0, 0.05) is 12.7 Å². The van der Waals surface area contributed by atoms with Crippen LogP contribution in [0.5, 0.6) is 5.75 Å². The molecule has 0 aliphatic carbocycles. The third kappa shape index (κ3) is 4.72. The normalized spacial score (nSPS) is 15.1. The van der Waals surface area contributed by atoms with Gasteiger partial charge in [0.1, 0.15) is 5.75 Å². The maximum Gasteiger partial charge on any atom is 0.573 e. The molecule has 0 aliphatic rings. The Morgan fingerprint density at radius 1 is 1.26 bits per heavy atom. The minimum absolute atomic E-state index is 0.204. The van der Waals surface area contributed by atoms with E-state index in [2.05, 4.69) is 10.1 Å². The third-order valence-electron chi connectivity index (χ3n) is 2.74. The molecule has 3 nitrogen and oxygen atoms in total. The molecule has 0 saturated heterocycles. The van der Waals surface area contributed by atoms with E-state index in [0.717, 1.165) is 0 Å². The lowest BCUT2D eigenvalue weighted by Gasteiger charge is -2.26. The van der Waals surface area contributed by atoms with Gasteiger partial charge in [-0.15, -0.1) is 13.2 Å². The molecule has 0 heterocycles. The summed E-state index contributed by atoms with van der Waals surface area (Å²) in [7, 11) is 1.52. The predicted molar refractivity (Wildman–Crippen MR) is 66.0 cm³/mol. The number of hydrogen-bond donors (Lipinski definition) is 1. The van der Waals surface area contributed by atoms with Gasteiger partial charge in [0.25, 0.3) is 0 Å². The summed E-state index contributed by atoms with van der Waals surface area (Å²) in [6, 6.07) is 5.71. The number of alkyl halides is 3. The van der Waals surface area contributed by atoms with E-state index in [0.29, 0.717) is 12.1 Å². The summed E-state index contributed by atoms with van der Waals surface area (Å²) in [4.78, 5) is 0. The van der Waals surface area contributed by atoms with Crippen molar-refractivity contribution >= 4 is 0 Å². The molecule has 108 valence electrons. The number of nitrogens with one attached hydrogen (secondary N) is 1. The highest BCUT2D eigenvalue weighted by Gasteiger charge is 2.33. The summed E-state index contributed by atoms with van der Waals surface area (Å²) in [6.45, 7) is 4.28. The average Bonchev–Trinajstić information content (AvgIpc) is 2.34. The van der Waals surface area contributed by atoms with Gasteiger partial charge in [0.2, 0.25) is 0 Å². The standard InChI is InChI=1S/C13H18F3NO2/c1-4-17-12(9(2)18-3)10-7-5-6-8-11(10)19-13(14,15)16/h5-9,12,17H,4H2,1-3H3. The second kappa shape index (κ2) is 6.77. The van der Waals surface area contributed by atoms with Crippen LogP contribution in [0.3, 0.4) is 0 Å². The van der Waals surface area contributed by atoms with E-state index in [9.17, 15) is 13.2 Å². The summed E-state index contributed by atoms with van der Waals surface area (Å²) in [5.74, 6) is -0.204. The predicted octanol–water partition coefficient (Wildman–Crippen LogP) is 3.27. The van der Waals surface area contributed by atoms with E-state index in [-0.39, 0.29) is 17.9 Å². The van der Waals surface area contributed by atoms with Crippen LogP contribution in [0.4, 0.5) is 13.2 Å². The molecule has 1 N–H and O–H groups in total. The highest BCUT2D eigenvalue weighted by atomic mass is 19.4. The van der Waals surface area contributed by atoms with Crippen LogP contribution in [-0.2, 0) is 4.74 Å². The lowest BCUT2D eigenvalue weighted by molar-refractivity contribution is -0.275. The molecule has 0 aromatic heterocycles. The quantitative estimate of drug-likeness (QED) is 0.865. The zero-order valence-electron chi connectivity index (χ0n) is 11.1. The molecule has 0 fully saturated rings. The molecule has 6 heteroatoms. The summed E-state index contributed by atoms with van der Waals surface area (Å²) >= 11 is 0. The van der Waals surface area contributed by atoms with Gasteiger partial charge in [-0.1, -0.05) is 25.1 Å². The summed E-state index contributed by atoms with van der Waals surface area (Å²) in [5.41, 5.74) is 0.427. The van der Waals surface area contributed by atoms with E-state index in [1.165, 1.54) is 19.2 Å². The Bertz CT molecular complexity index is 396. The van der Waals surface area contributed by atoms with E-state index < -0.39 is 6.36 Å². The van der Waals surface area contributed by atoms with Gasteiger partial charge in [-0.25, -0.2) is 0 Å². The first-order valence-corrected chi connectivity index (χ1v) is 6.00. The van der Waals surface area contributed by atoms with Crippen LogP contribution < -0.4 is 10.1 Å². The largest absolute Gasteiger partial charge is 0.573 e. The molecule has 1 rings (SSSR count). The first-order valence-electron chi connectivity index (χ1n) is 6.00. The molecular weight excluding hydrogens is 259 g/mol. The fourth-order valence-corrected chi connectivity index (χ4v) is 1.84.